The van der Waals surface area contributed by atoms with E-state index in [1.54, 1.807) is 0 Å². The Morgan fingerprint density at radius 3 is 2.44 bits per heavy atom. The quantitative estimate of drug-likeness (QED) is 0.575. The molecule has 0 heterocycles. The topological polar surface area (TPSA) is 32.7 Å². The standard InChI is InChI=1S/C13H18N2O/c1-11(15(2)3)14-13(16)10-9-12-7-5-4-6-8-12/h4-8H,9-10H2,1-3H3. The number of aryl methyl sites for hydroxylation is 1. The fraction of sp³-hybridized carbons (Fsp3) is 0.385. The molecular weight excluding hydrogens is 200 g/mol. The Bertz CT molecular complexity index is 369. The second-order valence-electron chi connectivity index (χ2n) is 3.93. The van der Waals surface area contributed by atoms with Gasteiger partial charge in [0.15, 0.2) is 0 Å². The number of nitrogens with zero attached hydrogens (tertiary/aromatic N) is 2. The molecule has 0 aromatic heterocycles. The molecule has 0 spiro atoms. The van der Waals surface area contributed by atoms with Crippen LogP contribution in [-0.4, -0.2) is 30.7 Å². The first-order valence-electron chi connectivity index (χ1n) is 5.39. The van der Waals surface area contributed by atoms with Crippen LogP contribution in [0.3, 0.4) is 0 Å². The molecule has 16 heavy (non-hydrogen) atoms. The predicted molar refractivity (Wildman–Crippen MR) is 66.6 cm³/mol. The summed E-state index contributed by atoms with van der Waals surface area (Å²) in [6, 6.07) is 9.98. The first-order valence-corrected chi connectivity index (χ1v) is 5.39. The summed E-state index contributed by atoms with van der Waals surface area (Å²) in [5.74, 6) is 0.688. The molecule has 1 aromatic rings. The minimum atomic E-state index is -0.0601. The van der Waals surface area contributed by atoms with Crippen molar-refractivity contribution in [1.82, 2.24) is 4.90 Å². The summed E-state index contributed by atoms with van der Waals surface area (Å²) < 4.78 is 0. The van der Waals surface area contributed by atoms with Gasteiger partial charge in [-0.2, -0.15) is 0 Å². The third kappa shape index (κ3) is 4.26. The normalized spacial score (nSPS) is 11.3. The van der Waals surface area contributed by atoms with Crippen molar-refractivity contribution in [3.05, 3.63) is 35.9 Å². The number of benzene rings is 1. The van der Waals surface area contributed by atoms with E-state index in [9.17, 15) is 4.79 Å². The molecule has 1 aromatic carbocycles. The Kier molecular flexibility index (Phi) is 4.70. The highest BCUT2D eigenvalue weighted by Gasteiger charge is 2.02. The molecule has 86 valence electrons. The molecule has 0 bridgehead atoms. The summed E-state index contributed by atoms with van der Waals surface area (Å²) in [6.07, 6.45) is 1.22. The summed E-state index contributed by atoms with van der Waals surface area (Å²) in [5, 5.41) is 0. The molecular formula is C13H18N2O. The van der Waals surface area contributed by atoms with Gasteiger partial charge in [0, 0.05) is 20.5 Å². The molecule has 0 atom stereocenters. The zero-order valence-electron chi connectivity index (χ0n) is 10.1. The molecule has 0 unspecified atom stereocenters. The number of carbonyl (C=O) groups excluding carboxylic acids is 1. The Labute approximate surface area is 96.8 Å². The largest absolute Gasteiger partial charge is 0.366 e. The van der Waals surface area contributed by atoms with Crippen molar-refractivity contribution in [2.24, 2.45) is 4.99 Å². The number of carbonyl (C=O) groups is 1. The van der Waals surface area contributed by atoms with Crippen molar-refractivity contribution in [3.8, 4) is 0 Å². The van der Waals surface area contributed by atoms with Crippen molar-refractivity contribution >= 4 is 11.7 Å². The molecule has 3 nitrogen and oxygen atoms in total. The second kappa shape index (κ2) is 6.05. The highest BCUT2D eigenvalue weighted by atomic mass is 16.1. The minimum absolute atomic E-state index is 0.0601. The van der Waals surface area contributed by atoms with Gasteiger partial charge in [0.2, 0.25) is 5.91 Å². The molecule has 0 fully saturated rings. The highest BCUT2D eigenvalue weighted by Crippen LogP contribution is 2.03. The van der Waals surface area contributed by atoms with Crippen LogP contribution in [0.2, 0.25) is 0 Å². The van der Waals surface area contributed by atoms with Gasteiger partial charge in [-0.05, 0) is 18.9 Å². The lowest BCUT2D eigenvalue weighted by atomic mass is 10.1. The van der Waals surface area contributed by atoms with Crippen LogP contribution < -0.4 is 0 Å². The summed E-state index contributed by atoms with van der Waals surface area (Å²) in [7, 11) is 3.76. The van der Waals surface area contributed by atoms with Gasteiger partial charge in [0.05, 0.1) is 0 Å². The minimum Gasteiger partial charge on any atom is -0.366 e. The molecule has 0 aliphatic carbocycles. The van der Waals surface area contributed by atoms with E-state index >= 15 is 0 Å². The first kappa shape index (κ1) is 12.4. The van der Waals surface area contributed by atoms with Crippen LogP contribution in [0.4, 0.5) is 0 Å². The number of hydrogen-bond donors (Lipinski definition) is 0. The lowest BCUT2D eigenvalue weighted by Gasteiger charge is -2.10. The molecule has 0 radical (unpaired) electrons. The Hall–Kier alpha value is -1.64. The third-order valence-electron chi connectivity index (χ3n) is 2.40. The summed E-state index contributed by atoms with van der Waals surface area (Å²) in [6.45, 7) is 1.83. The van der Waals surface area contributed by atoms with Crippen LogP contribution in [0.25, 0.3) is 0 Å². The highest BCUT2D eigenvalue weighted by molar-refractivity contribution is 5.92. The maximum Gasteiger partial charge on any atom is 0.247 e. The monoisotopic (exact) mass is 218 g/mol. The van der Waals surface area contributed by atoms with E-state index in [4.69, 9.17) is 0 Å². The van der Waals surface area contributed by atoms with Crippen molar-refractivity contribution in [2.75, 3.05) is 14.1 Å². The lowest BCUT2D eigenvalue weighted by molar-refractivity contribution is -0.117. The zero-order chi connectivity index (χ0) is 12.0. The number of amides is 1. The summed E-state index contributed by atoms with van der Waals surface area (Å²) in [5.41, 5.74) is 1.17. The van der Waals surface area contributed by atoms with Crippen molar-refractivity contribution in [2.45, 2.75) is 19.8 Å². The van der Waals surface area contributed by atoms with Gasteiger partial charge in [-0.1, -0.05) is 30.3 Å². The van der Waals surface area contributed by atoms with Gasteiger partial charge >= 0.3 is 0 Å². The Morgan fingerprint density at radius 1 is 1.25 bits per heavy atom. The van der Waals surface area contributed by atoms with E-state index in [1.165, 1.54) is 5.56 Å². The summed E-state index contributed by atoms with van der Waals surface area (Å²) >= 11 is 0. The maximum atomic E-state index is 11.5. The zero-order valence-corrected chi connectivity index (χ0v) is 10.1. The number of hydrogen-bond acceptors (Lipinski definition) is 1. The lowest BCUT2D eigenvalue weighted by Crippen LogP contribution is -2.19. The maximum absolute atomic E-state index is 11.5. The number of rotatable bonds is 3. The Balaban J connectivity index is 2.45. The van der Waals surface area contributed by atoms with Crippen LogP contribution in [0.15, 0.2) is 35.3 Å². The average Bonchev–Trinajstić information content (AvgIpc) is 2.27. The van der Waals surface area contributed by atoms with E-state index in [0.29, 0.717) is 6.42 Å². The van der Waals surface area contributed by atoms with E-state index in [-0.39, 0.29) is 5.91 Å². The molecule has 0 aliphatic rings. The number of amidine groups is 1. The molecule has 0 N–H and O–H groups in total. The summed E-state index contributed by atoms with van der Waals surface area (Å²) in [4.78, 5) is 17.3. The van der Waals surface area contributed by atoms with E-state index in [2.05, 4.69) is 4.99 Å². The van der Waals surface area contributed by atoms with Crippen LogP contribution in [-0.2, 0) is 11.2 Å². The van der Waals surface area contributed by atoms with Gasteiger partial charge in [-0.25, -0.2) is 4.99 Å². The molecule has 0 aliphatic heterocycles. The molecule has 1 amide bonds. The first-order chi connectivity index (χ1) is 7.59. The fourth-order valence-electron chi connectivity index (χ4n) is 1.23. The van der Waals surface area contributed by atoms with Crippen LogP contribution in [0.1, 0.15) is 18.9 Å². The van der Waals surface area contributed by atoms with E-state index < -0.39 is 0 Å². The molecule has 1 rings (SSSR count). The van der Waals surface area contributed by atoms with Gasteiger partial charge in [0.1, 0.15) is 5.84 Å². The van der Waals surface area contributed by atoms with Gasteiger partial charge in [-0.15, -0.1) is 0 Å². The van der Waals surface area contributed by atoms with Crippen molar-refractivity contribution in [3.63, 3.8) is 0 Å². The van der Waals surface area contributed by atoms with Crippen LogP contribution >= 0.6 is 0 Å². The van der Waals surface area contributed by atoms with Crippen LogP contribution in [0, 0.1) is 0 Å². The second-order valence-corrected chi connectivity index (χ2v) is 3.93. The molecule has 0 saturated carbocycles. The van der Waals surface area contributed by atoms with Crippen LogP contribution in [0.5, 0.6) is 0 Å². The van der Waals surface area contributed by atoms with Gasteiger partial charge < -0.3 is 4.90 Å². The van der Waals surface area contributed by atoms with Crippen molar-refractivity contribution in [1.29, 1.82) is 0 Å². The molecule has 3 heteroatoms. The van der Waals surface area contributed by atoms with E-state index in [0.717, 1.165) is 12.3 Å². The fourth-order valence-corrected chi connectivity index (χ4v) is 1.23. The predicted octanol–water partition coefficient (Wildman–Crippen LogP) is 2.13. The van der Waals surface area contributed by atoms with Gasteiger partial charge in [-0.3, -0.25) is 4.79 Å². The SMILES string of the molecule is CC(=NC(=O)CCc1ccccc1)N(C)C. The molecule has 0 saturated heterocycles. The third-order valence-corrected chi connectivity index (χ3v) is 2.40. The van der Waals surface area contributed by atoms with Crippen molar-refractivity contribution < 1.29 is 4.79 Å². The van der Waals surface area contributed by atoms with Gasteiger partial charge in [0.25, 0.3) is 0 Å². The number of aliphatic imine (C=N–C) groups is 1. The smallest absolute Gasteiger partial charge is 0.247 e. The average molecular weight is 218 g/mol. The van der Waals surface area contributed by atoms with E-state index in [1.807, 2.05) is 56.3 Å². The Morgan fingerprint density at radius 2 is 1.88 bits per heavy atom.